The number of rotatable bonds is 4. The van der Waals surface area contributed by atoms with Crippen molar-refractivity contribution < 1.29 is 13.2 Å². The molecule has 2 aromatic carbocycles. The van der Waals surface area contributed by atoms with Crippen LogP contribution in [0.1, 0.15) is 19.4 Å². The summed E-state index contributed by atoms with van der Waals surface area (Å²) in [5.41, 5.74) is 0.256. The molecule has 28 heavy (non-hydrogen) atoms. The van der Waals surface area contributed by atoms with Crippen molar-refractivity contribution in [2.45, 2.75) is 24.2 Å². The van der Waals surface area contributed by atoms with Crippen molar-refractivity contribution in [3.05, 3.63) is 64.1 Å². The highest BCUT2D eigenvalue weighted by Gasteiger charge is 2.37. The van der Waals surface area contributed by atoms with Crippen molar-refractivity contribution in [3.63, 3.8) is 0 Å². The van der Waals surface area contributed by atoms with Crippen LogP contribution < -0.4 is 0 Å². The van der Waals surface area contributed by atoms with Crippen LogP contribution in [0.3, 0.4) is 0 Å². The van der Waals surface area contributed by atoms with Crippen LogP contribution in [0.25, 0.3) is 0 Å². The van der Waals surface area contributed by atoms with Crippen LogP contribution in [-0.2, 0) is 20.2 Å². The van der Waals surface area contributed by atoms with Gasteiger partial charge in [-0.15, -0.1) is 0 Å². The Morgan fingerprint density at radius 2 is 1.46 bits per heavy atom. The van der Waals surface area contributed by atoms with Crippen LogP contribution in [-0.4, -0.2) is 49.7 Å². The van der Waals surface area contributed by atoms with E-state index in [4.69, 9.17) is 23.2 Å². The molecule has 0 saturated carbocycles. The third-order valence-electron chi connectivity index (χ3n) is 5.03. The second-order valence-electron chi connectivity index (χ2n) is 7.29. The van der Waals surface area contributed by atoms with E-state index in [1.54, 1.807) is 4.90 Å². The average molecular weight is 441 g/mol. The zero-order valence-electron chi connectivity index (χ0n) is 15.7. The summed E-state index contributed by atoms with van der Waals surface area (Å²) in [5, 5.41) is 0.536. The van der Waals surface area contributed by atoms with Gasteiger partial charge in [0.1, 0.15) is 0 Å². The molecule has 0 atom stereocenters. The van der Waals surface area contributed by atoms with Gasteiger partial charge in [0.25, 0.3) is 0 Å². The predicted octanol–water partition coefficient (Wildman–Crippen LogP) is 3.80. The summed E-state index contributed by atoms with van der Waals surface area (Å²) in [6.45, 7) is 4.90. The molecule has 1 aliphatic rings. The molecule has 0 bridgehead atoms. The molecule has 1 saturated heterocycles. The van der Waals surface area contributed by atoms with Gasteiger partial charge in [0, 0.05) is 36.2 Å². The number of hydrogen-bond acceptors (Lipinski definition) is 3. The second kappa shape index (κ2) is 8.03. The molecule has 0 spiro atoms. The summed E-state index contributed by atoms with van der Waals surface area (Å²) in [4.78, 5) is 14.8. The molecule has 8 heteroatoms. The maximum absolute atomic E-state index is 13.1. The largest absolute Gasteiger partial charge is 0.339 e. The van der Waals surface area contributed by atoms with Crippen LogP contribution in [0.5, 0.6) is 0 Å². The number of hydrogen-bond donors (Lipinski definition) is 0. The van der Waals surface area contributed by atoms with E-state index < -0.39 is 15.4 Å². The van der Waals surface area contributed by atoms with Gasteiger partial charge < -0.3 is 4.90 Å². The molecule has 2 aromatic rings. The number of amides is 1. The van der Waals surface area contributed by atoms with Gasteiger partial charge in [0.05, 0.1) is 10.3 Å². The van der Waals surface area contributed by atoms with E-state index >= 15 is 0 Å². The van der Waals surface area contributed by atoms with Crippen LogP contribution in [0.15, 0.2) is 53.4 Å². The number of sulfonamides is 1. The molecular formula is C20H22Cl2N2O3S. The molecule has 1 amide bonds. The normalized spacial score (nSPS) is 16.2. The maximum atomic E-state index is 13.1. The summed E-state index contributed by atoms with van der Waals surface area (Å²) in [7, 11) is -3.72. The smallest absolute Gasteiger partial charge is 0.243 e. The van der Waals surface area contributed by atoms with E-state index in [1.807, 2.05) is 44.2 Å². The van der Waals surface area contributed by atoms with Crippen LogP contribution >= 0.6 is 23.2 Å². The van der Waals surface area contributed by atoms with Crippen LogP contribution in [0.2, 0.25) is 10.0 Å². The Kier molecular flexibility index (Phi) is 6.05. The Balaban J connectivity index is 1.73. The first-order valence-electron chi connectivity index (χ1n) is 8.93. The molecule has 5 nitrogen and oxygen atoms in total. The monoisotopic (exact) mass is 440 g/mol. The molecule has 0 unspecified atom stereocenters. The fourth-order valence-corrected chi connectivity index (χ4v) is 5.48. The topological polar surface area (TPSA) is 57.7 Å². The van der Waals surface area contributed by atoms with Gasteiger partial charge in [-0.3, -0.25) is 4.79 Å². The Hall–Kier alpha value is -1.60. The summed E-state index contributed by atoms with van der Waals surface area (Å²) >= 11 is 11.9. The van der Waals surface area contributed by atoms with Crippen molar-refractivity contribution >= 4 is 39.1 Å². The molecule has 1 heterocycles. The maximum Gasteiger partial charge on any atom is 0.243 e. The lowest BCUT2D eigenvalue weighted by Crippen LogP contribution is -2.54. The van der Waals surface area contributed by atoms with Crippen molar-refractivity contribution in [3.8, 4) is 0 Å². The fraction of sp³-hybridized carbons (Fsp3) is 0.350. The van der Waals surface area contributed by atoms with Crippen molar-refractivity contribution in [1.82, 2.24) is 9.21 Å². The number of carbonyl (C=O) groups is 1. The Bertz CT molecular complexity index is 950. The zero-order chi connectivity index (χ0) is 20.5. The molecule has 150 valence electrons. The summed E-state index contributed by atoms with van der Waals surface area (Å²) in [5.74, 6) is -0.0125. The number of nitrogens with zero attached hydrogens (tertiary/aromatic N) is 2. The summed E-state index contributed by atoms with van der Waals surface area (Å²) < 4.78 is 27.2. The number of piperazine rings is 1. The highest BCUT2D eigenvalue weighted by atomic mass is 35.5. The average Bonchev–Trinajstić information content (AvgIpc) is 2.67. The number of halogens is 2. The van der Waals surface area contributed by atoms with E-state index in [2.05, 4.69) is 0 Å². The van der Waals surface area contributed by atoms with Crippen LogP contribution in [0.4, 0.5) is 0 Å². The molecule has 1 aliphatic heterocycles. The highest BCUT2D eigenvalue weighted by molar-refractivity contribution is 7.89. The van der Waals surface area contributed by atoms with Gasteiger partial charge in [-0.2, -0.15) is 4.31 Å². The minimum Gasteiger partial charge on any atom is -0.339 e. The van der Waals surface area contributed by atoms with Gasteiger partial charge in [-0.25, -0.2) is 8.42 Å². The van der Waals surface area contributed by atoms with E-state index in [-0.39, 0.29) is 33.9 Å². The van der Waals surface area contributed by atoms with Crippen molar-refractivity contribution in [2.75, 3.05) is 26.2 Å². The lowest BCUT2D eigenvalue weighted by Gasteiger charge is -2.38. The molecule has 1 fully saturated rings. The van der Waals surface area contributed by atoms with Crippen molar-refractivity contribution in [2.24, 2.45) is 0 Å². The zero-order valence-corrected chi connectivity index (χ0v) is 18.1. The first-order valence-corrected chi connectivity index (χ1v) is 11.1. The van der Waals surface area contributed by atoms with E-state index in [0.717, 1.165) is 5.56 Å². The molecule has 0 radical (unpaired) electrons. The van der Waals surface area contributed by atoms with E-state index in [1.165, 1.54) is 22.5 Å². The first kappa shape index (κ1) is 21.1. The Morgan fingerprint density at radius 3 is 2.00 bits per heavy atom. The second-order valence-corrected chi connectivity index (χ2v) is 10.1. The molecule has 0 aliphatic carbocycles. The first-order chi connectivity index (χ1) is 13.1. The fourth-order valence-electron chi connectivity index (χ4n) is 3.33. The Morgan fingerprint density at radius 1 is 0.929 bits per heavy atom. The van der Waals surface area contributed by atoms with Gasteiger partial charge >= 0.3 is 0 Å². The van der Waals surface area contributed by atoms with Crippen molar-refractivity contribution in [1.29, 1.82) is 0 Å². The minimum atomic E-state index is -3.72. The minimum absolute atomic E-state index is 0.0125. The molecule has 0 N–H and O–H groups in total. The predicted molar refractivity (Wildman–Crippen MR) is 111 cm³/mol. The van der Waals surface area contributed by atoms with E-state index in [0.29, 0.717) is 13.1 Å². The molecular weight excluding hydrogens is 419 g/mol. The third kappa shape index (κ3) is 4.20. The van der Waals surface area contributed by atoms with Crippen LogP contribution in [0, 0.1) is 0 Å². The molecule has 3 rings (SSSR count). The van der Waals surface area contributed by atoms with Gasteiger partial charge in [0.2, 0.25) is 15.9 Å². The van der Waals surface area contributed by atoms with Gasteiger partial charge in [0.15, 0.2) is 0 Å². The highest BCUT2D eigenvalue weighted by Crippen LogP contribution is 2.28. The summed E-state index contributed by atoms with van der Waals surface area (Å²) in [6, 6.07) is 13.9. The molecule has 0 aromatic heterocycles. The summed E-state index contributed by atoms with van der Waals surface area (Å²) in [6.07, 6.45) is 0. The SMILES string of the molecule is CC(C)(C(=O)N1CCN(S(=O)(=O)c2cc(Cl)cc(Cl)c2)CC1)c1ccccc1. The Labute approximate surface area is 175 Å². The number of carbonyl (C=O) groups excluding carboxylic acids is 1. The number of benzene rings is 2. The lowest BCUT2D eigenvalue weighted by molar-refractivity contribution is -0.137. The quantitative estimate of drug-likeness (QED) is 0.725. The van der Waals surface area contributed by atoms with E-state index in [9.17, 15) is 13.2 Å². The van der Waals surface area contributed by atoms with Gasteiger partial charge in [-0.05, 0) is 37.6 Å². The third-order valence-corrected chi connectivity index (χ3v) is 7.34. The standard InChI is InChI=1S/C20H22Cl2N2O3S/c1-20(2,15-6-4-3-5-7-15)19(25)23-8-10-24(11-9-23)28(26,27)18-13-16(21)12-17(22)14-18/h3-7,12-14H,8-11H2,1-2H3. The van der Waals surface area contributed by atoms with Gasteiger partial charge in [-0.1, -0.05) is 53.5 Å². The lowest BCUT2D eigenvalue weighted by atomic mass is 9.83.